The number of methoxy groups -OCH3 is 1. The molecule has 3 nitrogen and oxygen atoms in total. The molecule has 2 atom stereocenters. The number of rotatable bonds is 4. The van der Waals surface area contributed by atoms with Gasteiger partial charge in [-0.3, -0.25) is 0 Å². The van der Waals surface area contributed by atoms with Gasteiger partial charge in [-0.05, 0) is 24.5 Å². The second kappa shape index (κ2) is 4.81. The van der Waals surface area contributed by atoms with E-state index in [0.29, 0.717) is 0 Å². The molecule has 15 heavy (non-hydrogen) atoms. The molecule has 0 fully saturated rings. The van der Waals surface area contributed by atoms with Crippen LogP contribution in [0.1, 0.15) is 37.1 Å². The third-order valence-electron chi connectivity index (χ3n) is 3.07. The van der Waals surface area contributed by atoms with Crippen LogP contribution in [0.2, 0.25) is 0 Å². The van der Waals surface area contributed by atoms with E-state index in [-0.39, 0.29) is 12.1 Å². The Hall–Kier alpha value is -0.800. The summed E-state index contributed by atoms with van der Waals surface area (Å²) in [5.41, 5.74) is 1.33. The van der Waals surface area contributed by atoms with E-state index in [2.05, 4.69) is 18.3 Å². The summed E-state index contributed by atoms with van der Waals surface area (Å²) < 4.78 is 11.1. The maximum absolute atomic E-state index is 5.56. The first-order valence-electron chi connectivity index (χ1n) is 5.69. The van der Waals surface area contributed by atoms with Crippen molar-refractivity contribution in [2.45, 2.75) is 38.3 Å². The topological polar surface area (TPSA) is 34.4 Å². The van der Waals surface area contributed by atoms with Crippen molar-refractivity contribution < 1.29 is 9.15 Å². The number of ether oxygens (including phenoxy) is 1. The number of nitrogens with one attached hydrogen (secondary N) is 1. The Kier molecular flexibility index (Phi) is 3.44. The molecule has 0 bridgehead atoms. The lowest BCUT2D eigenvalue weighted by atomic mass is 9.96. The van der Waals surface area contributed by atoms with E-state index in [9.17, 15) is 0 Å². The van der Waals surface area contributed by atoms with E-state index in [1.165, 1.54) is 5.56 Å². The number of furan rings is 1. The highest BCUT2D eigenvalue weighted by atomic mass is 16.5. The normalized spacial score (nSPS) is 22.4. The Balaban J connectivity index is 2.16. The van der Waals surface area contributed by atoms with Crippen LogP contribution in [0, 0.1) is 0 Å². The van der Waals surface area contributed by atoms with Crippen LogP contribution < -0.4 is 5.32 Å². The van der Waals surface area contributed by atoms with Gasteiger partial charge in [0.25, 0.3) is 0 Å². The molecule has 0 saturated heterocycles. The largest absolute Gasteiger partial charge is 0.467 e. The van der Waals surface area contributed by atoms with Crippen molar-refractivity contribution in [2.24, 2.45) is 0 Å². The van der Waals surface area contributed by atoms with Gasteiger partial charge in [0.15, 0.2) is 0 Å². The zero-order valence-electron chi connectivity index (χ0n) is 9.45. The van der Waals surface area contributed by atoms with Gasteiger partial charge in [0, 0.05) is 13.7 Å². The average molecular weight is 209 g/mol. The highest BCUT2D eigenvalue weighted by Gasteiger charge is 2.29. The third kappa shape index (κ3) is 2.08. The molecule has 1 aromatic rings. The molecule has 3 heteroatoms. The predicted octanol–water partition coefficient (Wildman–Crippen LogP) is 2.28. The summed E-state index contributed by atoms with van der Waals surface area (Å²) in [5, 5.41) is 3.48. The van der Waals surface area contributed by atoms with Crippen molar-refractivity contribution in [2.75, 3.05) is 13.7 Å². The van der Waals surface area contributed by atoms with E-state index >= 15 is 0 Å². The molecule has 2 heterocycles. The fourth-order valence-electron chi connectivity index (χ4n) is 2.29. The van der Waals surface area contributed by atoms with E-state index < -0.39 is 0 Å². The van der Waals surface area contributed by atoms with Gasteiger partial charge in [-0.15, -0.1) is 0 Å². The summed E-state index contributed by atoms with van der Waals surface area (Å²) in [5.74, 6) is 1.07. The molecule has 2 rings (SSSR count). The first-order chi connectivity index (χ1) is 7.36. The average Bonchev–Trinajstić information content (AvgIpc) is 2.73. The van der Waals surface area contributed by atoms with Crippen LogP contribution in [-0.2, 0) is 11.2 Å². The molecule has 0 saturated carbocycles. The smallest absolute Gasteiger partial charge is 0.126 e. The van der Waals surface area contributed by atoms with Gasteiger partial charge < -0.3 is 14.5 Å². The van der Waals surface area contributed by atoms with Crippen molar-refractivity contribution in [1.29, 1.82) is 0 Å². The Morgan fingerprint density at radius 3 is 3.27 bits per heavy atom. The third-order valence-corrected chi connectivity index (χ3v) is 3.07. The molecule has 0 aromatic carbocycles. The lowest BCUT2D eigenvalue weighted by molar-refractivity contribution is 0.0511. The minimum absolute atomic E-state index is 0.222. The fraction of sp³-hybridized carbons (Fsp3) is 0.667. The molecule has 1 aliphatic rings. The first-order valence-corrected chi connectivity index (χ1v) is 5.69. The van der Waals surface area contributed by atoms with E-state index in [4.69, 9.17) is 9.15 Å². The van der Waals surface area contributed by atoms with Crippen molar-refractivity contribution in [1.82, 2.24) is 5.32 Å². The van der Waals surface area contributed by atoms with Gasteiger partial charge in [-0.25, -0.2) is 0 Å². The summed E-state index contributed by atoms with van der Waals surface area (Å²) in [7, 11) is 1.78. The molecule has 1 aromatic heterocycles. The quantitative estimate of drug-likeness (QED) is 0.826. The van der Waals surface area contributed by atoms with Crippen LogP contribution in [0.3, 0.4) is 0 Å². The van der Waals surface area contributed by atoms with Gasteiger partial charge in [0.2, 0.25) is 0 Å². The van der Waals surface area contributed by atoms with Crippen LogP contribution in [0.4, 0.5) is 0 Å². The Labute approximate surface area is 90.8 Å². The molecule has 84 valence electrons. The highest BCUT2D eigenvalue weighted by Crippen LogP contribution is 2.29. The standard InChI is InChI=1S/C12H19NO2/c1-3-4-10(14-2)11-12-9(5-7-13-11)6-8-15-12/h6,8,10-11,13H,3-5,7H2,1-2H3. The molecule has 1 aliphatic heterocycles. The maximum atomic E-state index is 5.56. The van der Waals surface area contributed by atoms with Crippen LogP contribution >= 0.6 is 0 Å². The zero-order chi connectivity index (χ0) is 10.7. The van der Waals surface area contributed by atoms with Gasteiger partial charge in [-0.2, -0.15) is 0 Å². The monoisotopic (exact) mass is 209 g/mol. The van der Waals surface area contributed by atoms with E-state index in [0.717, 1.165) is 31.6 Å². The van der Waals surface area contributed by atoms with Gasteiger partial charge >= 0.3 is 0 Å². The summed E-state index contributed by atoms with van der Waals surface area (Å²) in [4.78, 5) is 0. The highest BCUT2D eigenvalue weighted by molar-refractivity contribution is 5.24. The first kappa shape index (κ1) is 10.7. The molecule has 0 spiro atoms. The lowest BCUT2D eigenvalue weighted by Crippen LogP contribution is -2.37. The van der Waals surface area contributed by atoms with Crippen molar-refractivity contribution in [3.05, 3.63) is 23.7 Å². The summed E-state index contributed by atoms with van der Waals surface area (Å²) in [6.07, 6.45) is 5.26. The molecule has 2 unspecified atom stereocenters. The zero-order valence-corrected chi connectivity index (χ0v) is 9.45. The predicted molar refractivity (Wildman–Crippen MR) is 58.9 cm³/mol. The number of hydrogen-bond acceptors (Lipinski definition) is 3. The Morgan fingerprint density at radius 1 is 1.67 bits per heavy atom. The maximum Gasteiger partial charge on any atom is 0.126 e. The van der Waals surface area contributed by atoms with Crippen molar-refractivity contribution >= 4 is 0 Å². The summed E-state index contributed by atoms with van der Waals surface area (Å²) >= 11 is 0. The van der Waals surface area contributed by atoms with Crippen LogP contribution in [-0.4, -0.2) is 19.8 Å². The Bertz CT molecular complexity index is 308. The molecular weight excluding hydrogens is 190 g/mol. The molecule has 0 aliphatic carbocycles. The summed E-state index contributed by atoms with van der Waals surface area (Å²) in [6.45, 7) is 3.19. The van der Waals surface area contributed by atoms with Crippen LogP contribution in [0.15, 0.2) is 16.7 Å². The van der Waals surface area contributed by atoms with E-state index in [1.54, 1.807) is 13.4 Å². The van der Waals surface area contributed by atoms with Gasteiger partial charge in [0.05, 0.1) is 18.4 Å². The number of fused-ring (bicyclic) bond motifs is 1. The van der Waals surface area contributed by atoms with Crippen molar-refractivity contribution in [3.8, 4) is 0 Å². The SMILES string of the molecule is CCCC(OC)C1NCCc2ccoc21. The molecule has 0 amide bonds. The van der Waals surface area contributed by atoms with Gasteiger partial charge in [0.1, 0.15) is 5.76 Å². The minimum atomic E-state index is 0.222. The Morgan fingerprint density at radius 2 is 2.53 bits per heavy atom. The lowest BCUT2D eigenvalue weighted by Gasteiger charge is -2.29. The second-order valence-electron chi connectivity index (χ2n) is 4.05. The fourth-order valence-corrected chi connectivity index (χ4v) is 2.29. The van der Waals surface area contributed by atoms with Crippen molar-refractivity contribution in [3.63, 3.8) is 0 Å². The number of hydrogen-bond donors (Lipinski definition) is 1. The van der Waals surface area contributed by atoms with Gasteiger partial charge in [-0.1, -0.05) is 13.3 Å². The van der Waals surface area contributed by atoms with Crippen LogP contribution in [0.5, 0.6) is 0 Å². The second-order valence-corrected chi connectivity index (χ2v) is 4.05. The molecule has 1 N–H and O–H groups in total. The molecule has 0 radical (unpaired) electrons. The van der Waals surface area contributed by atoms with Crippen LogP contribution in [0.25, 0.3) is 0 Å². The minimum Gasteiger partial charge on any atom is -0.467 e. The van der Waals surface area contributed by atoms with E-state index in [1.807, 2.05) is 0 Å². The molecular formula is C12H19NO2. The summed E-state index contributed by atoms with van der Waals surface area (Å²) in [6, 6.07) is 2.30.